The molecule has 1 aromatic heterocycles. The lowest BCUT2D eigenvalue weighted by atomic mass is 10.0. The summed E-state index contributed by atoms with van der Waals surface area (Å²) >= 11 is 0. The molecule has 0 unspecified atom stereocenters. The molecule has 0 aliphatic carbocycles. The Morgan fingerprint density at radius 3 is 2.53 bits per heavy atom. The summed E-state index contributed by atoms with van der Waals surface area (Å²) in [5, 5.41) is 16.5. The van der Waals surface area contributed by atoms with Gasteiger partial charge in [-0.1, -0.05) is 6.07 Å². The quantitative estimate of drug-likeness (QED) is 0.663. The number of phenols is 1. The minimum absolute atomic E-state index is 0.246. The maximum absolute atomic E-state index is 9.85. The molecule has 1 aromatic carbocycles. The highest BCUT2D eigenvalue weighted by atomic mass is 16.3. The van der Waals surface area contributed by atoms with Crippen LogP contribution in [-0.4, -0.2) is 15.3 Å². The molecule has 15 heavy (non-hydrogen) atoms. The number of aromatic amines is 1. The van der Waals surface area contributed by atoms with Crippen LogP contribution in [0.15, 0.2) is 18.2 Å². The number of aryl methyl sites for hydroxylation is 2. The Balaban J connectivity index is 2.62. The molecule has 4 N–H and O–H groups in total. The molecule has 0 fully saturated rings. The summed E-state index contributed by atoms with van der Waals surface area (Å²) in [6, 6.07) is 5.43. The summed E-state index contributed by atoms with van der Waals surface area (Å²) in [4.78, 5) is 0. The Hall–Kier alpha value is -1.97. The van der Waals surface area contributed by atoms with Crippen molar-refractivity contribution in [3.8, 4) is 17.0 Å². The highest BCUT2D eigenvalue weighted by molar-refractivity contribution is 5.72. The highest BCUT2D eigenvalue weighted by Crippen LogP contribution is 2.32. The number of hydrogen-bond acceptors (Lipinski definition) is 3. The third kappa shape index (κ3) is 1.66. The van der Waals surface area contributed by atoms with Crippen molar-refractivity contribution in [2.75, 3.05) is 5.73 Å². The Morgan fingerprint density at radius 2 is 2.00 bits per heavy atom. The van der Waals surface area contributed by atoms with Crippen LogP contribution in [0.4, 0.5) is 5.82 Å². The zero-order valence-corrected chi connectivity index (χ0v) is 8.70. The van der Waals surface area contributed by atoms with Crippen LogP contribution in [0.25, 0.3) is 11.3 Å². The van der Waals surface area contributed by atoms with E-state index in [0.29, 0.717) is 5.82 Å². The van der Waals surface area contributed by atoms with Crippen molar-refractivity contribution in [3.63, 3.8) is 0 Å². The average Bonchev–Trinajstić information content (AvgIpc) is 2.49. The topological polar surface area (TPSA) is 74.9 Å². The molecule has 0 bridgehead atoms. The number of aromatic hydroxyl groups is 1. The van der Waals surface area contributed by atoms with E-state index in [0.717, 1.165) is 22.4 Å². The number of H-pyrrole nitrogens is 1. The largest absolute Gasteiger partial charge is 0.507 e. The SMILES string of the molecule is Cc1cc(C)c(-c2cc(N)n[nH]2)c(O)c1. The molecule has 2 aromatic rings. The number of benzene rings is 1. The van der Waals surface area contributed by atoms with Gasteiger partial charge in [0.1, 0.15) is 11.6 Å². The van der Waals surface area contributed by atoms with Gasteiger partial charge in [-0.3, -0.25) is 5.10 Å². The Bertz CT molecular complexity index is 479. The molecule has 0 amide bonds. The first-order chi connectivity index (χ1) is 7.08. The first-order valence-corrected chi connectivity index (χ1v) is 4.69. The van der Waals surface area contributed by atoms with Crippen molar-refractivity contribution >= 4 is 5.82 Å². The fourth-order valence-electron chi connectivity index (χ4n) is 1.76. The number of nitrogen functional groups attached to an aromatic ring is 1. The molecule has 0 saturated heterocycles. The number of nitrogens with two attached hydrogens (primary N) is 1. The second-order valence-corrected chi connectivity index (χ2v) is 3.68. The zero-order chi connectivity index (χ0) is 11.0. The molecule has 1 heterocycles. The summed E-state index contributed by atoms with van der Waals surface area (Å²) in [5.41, 5.74) is 9.04. The van der Waals surface area contributed by atoms with Gasteiger partial charge in [0.15, 0.2) is 0 Å². The van der Waals surface area contributed by atoms with Crippen molar-refractivity contribution in [1.82, 2.24) is 10.2 Å². The van der Waals surface area contributed by atoms with E-state index in [1.165, 1.54) is 0 Å². The third-order valence-electron chi connectivity index (χ3n) is 2.33. The van der Waals surface area contributed by atoms with Crippen molar-refractivity contribution in [2.24, 2.45) is 0 Å². The lowest BCUT2D eigenvalue weighted by Crippen LogP contribution is -1.86. The number of nitrogens with zero attached hydrogens (tertiary/aromatic N) is 1. The molecular weight excluding hydrogens is 190 g/mol. The zero-order valence-electron chi connectivity index (χ0n) is 8.70. The van der Waals surface area contributed by atoms with Gasteiger partial charge in [-0.05, 0) is 31.0 Å². The molecule has 0 saturated carbocycles. The predicted octanol–water partition coefficient (Wildman–Crippen LogP) is 1.98. The third-order valence-corrected chi connectivity index (χ3v) is 2.33. The monoisotopic (exact) mass is 203 g/mol. The van der Waals surface area contributed by atoms with E-state index >= 15 is 0 Å². The van der Waals surface area contributed by atoms with Crippen LogP contribution in [0.5, 0.6) is 5.75 Å². The van der Waals surface area contributed by atoms with Crippen LogP contribution in [0.2, 0.25) is 0 Å². The van der Waals surface area contributed by atoms with Gasteiger partial charge in [0, 0.05) is 11.6 Å². The van der Waals surface area contributed by atoms with Gasteiger partial charge in [0.05, 0.1) is 5.69 Å². The molecule has 4 heteroatoms. The van der Waals surface area contributed by atoms with Crippen LogP contribution in [0.3, 0.4) is 0 Å². The molecule has 2 rings (SSSR count). The van der Waals surface area contributed by atoms with Crippen LogP contribution in [0, 0.1) is 13.8 Å². The molecule has 0 spiro atoms. The van der Waals surface area contributed by atoms with E-state index in [9.17, 15) is 5.11 Å². The molecular formula is C11H13N3O. The standard InChI is InChI=1S/C11H13N3O/c1-6-3-7(2)11(9(15)4-6)8-5-10(12)14-13-8/h3-5,15H,1-2H3,(H3,12,13,14). The first-order valence-electron chi connectivity index (χ1n) is 4.69. The summed E-state index contributed by atoms with van der Waals surface area (Å²) in [6.07, 6.45) is 0. The van der Waals surface area contributed by atoms with Gasteiger partial charge < -0.3 is 10.8 Å². The van der Waals surface area contributed by atoms with Crippen molar-refractivity contribution < 1.29 is 5.11 Å². The van der Waals surface area contributed by atoms with E-state index in [1.807, 2.05) is 19.9 Å². The Morgan fingerprint density at radius 1 is 1.27 bits per heavy atom. The second-order valence-electron chi connectivity index (χ2n) is 3.68. The fourth-order valence-corrected chi connectivity index (χ4v) is 1.76. The van der Waals surface area contributed by atoms with Gasteiger partial charge in [0.25, 0.3) is 0 Å². The second kappa shape index (κ2) is 3.31. The molecule has 0 radical (unpaired) electrons. The number of aromatic nitrogens is 2. The molecule has 78 valence electrons. The Kier molecular flexibility index (Phi) is 2.11. The van der Waals surface area contributed by atoms with Crippen LogP contribution in [-0.2, 0) is 0 Å². The lowest BCUT2D eigenvalue weighted by molar-refractivity contribution is 0.476. The number of hydrogen-bond donors (Lipinski definition) is 3. The lowest BCUT2D eigenvalue weighted by Gasteiger charge is -2.07. The fraction of sp³-hybridized carbons (Fsp3) is 0.182. The van der Waals surface area contributed by atoms with Crippen molar-refractivity contribution in [1.29, 1.82) is 0 Å². The average molecular weight is 203 g/mol. The van der Waals surface area contributed by atoms with E-state index in [2.05, 4.69) is 10.2 Å². The van der Waals surface area contributed by atoms with E-state index in [4.69, 9.17) is 5.73 Å². The van der Waals surface area contributed by atoms with Crippen molar-refractivity contribution in [3.05, 3.63) is 29.3 Å². The summed E-state index contributed by atoms with van der Waals surface area (Å²) in [6.45, 7) is 3.89. The van der Waals surface area contributed by atoms with Gasteiger partial charge in [-0.2, -0.15) is 5.10 Å². The van der Waals surface area contributed by atoms with Gasteiger partial charge in [-0.25, -0.2) is 0 Å². The minimum Gasteiger partial charge on any atom is -0.507 e. The van der Waals surface area contributed by atoms with Crippen molar-refractivity contribution in [2.45, 2.75) is 13.8 Å². The smallest absolute Gasteiger partial charge is 0.145 e. The molecule has 0 aliphatic heterocycles. The number of nitrogens with one attached hydrogen (secondary N) is 1. The normalized spacial score (nSPS) is 10.5. The summed E-state index contributed by atoms with van der Waals surface area (Å²) in [5.74, 6) is 0.667. The van der Waals surface area contributed by atoms with Crippen LogP contribution in [0.1, 0.15) is 11.1 Å². The highest BCUT2D eigenvalue weighted by Gasteiger charge is 2.10. The van der Waals surface area contributed by atoms with Gasteiger partial charge in [0.2, 0.25) is 0 Å². The maximum Gasteiger partial charge on any atom is 0.145 e. The summed E-state index contributed by atoms with van der Waals surface area (Å²) in [7, 11) is 0. The minimum atomic E-state index is 0.246. The number of rotatable bonds is 1. The number of anilines is 1. The summed E-state index contributed by atoms with van der Waals surface area (Å²) < 4.78 is 0. The van der Waals surface area contributed by atoms with E-state index in [1.54, 1.807) is 12.1 Å². The van der Waals surface area contributed by atoms with E-state index in [-0.39, 0.29) is 5.75 Å². The predicted molar refractivity (Wildman–Crippen MR) is 59.6 cm³/mol. The number of phenolic OH excluding ortho intramolecular Hbond substituents is 1. The van der Waals surface area contributed by atoms with Gasteiger partial charge in [-0.15, -0.1) is 0 Å². The maximum atomic E-state index is 9.85. The molecule has 0 atom stereocenters. The Labute approximate surface area is 87.7 Å². The van der Waals surface area contributed by atoms with Crippen LogP contribution >= 0.6 is 0 Å². The molecule has 0 aliphatic rings. The van der Waals surface area contributed by atoms with Crippen LogP contribution < -0.4 is 5.73 Å². The first kappa shape index (κ1) is 9.58. The van der Waals surface area contributed by atoms with Gasteiger partial charge >= 0.3 is 0 Å². The van der Waals surface area contributed by atoms with E-state index < -0.39 is 0 Å². The molecule has 4 nitrogen and oxygen atoms in total.